The molecular weight excluding hydrogens is 290 g/mol. The molecule has 8 heteroatoms. The molecule has 0 aliphatic heterocycles. The Bertz CT molecular complexity index is 713. The minimum atomic E-state index is -3.91. The van der Waals surface area contributed by atoms with Crippen molar-refractivity contribution in [3.8, 4) is 0 Å². The second kappa shape index (κ2) is 5.70. The van der Waals surface area contributed by atoms with Crippen LogP contribution in [0.3, 0.4) is 0 Å². The molecule has 1 heterocycles. The predicted octanol–water partition coefficient (Wildman–Crippen LogP) is 1.49. The standard InChI is InChI=1S/C12H12F2N2O3S/c13-9-2-1-8(11(14)5-9)7-16-20(17,18)12-4-3-10(6-15)19-12/h1-5,16H,6-7,15H2. The number of nitrogens with two attached hydrogens (primary N) is 1. The van der Waals surface area contributed by atoms with E-state index >= 15 is 0 Å². The molecule has 0 amide bonds. The average molecular weight is 302 g/mol. The maximum Gasteiger partial charge on any atom is 0.274 e. The number of halogens is 2. The van der Waals surface area contributed by atoms with Crippen LogP contribution < -0.4 is 10.5 Å². The van der Waals surface area contributed by atoms with Gasteiger partial charge in [-0.1, -0.05) is 6.07 Å². The van der Waals surface area contributed by atoms with Crippen molar-refractivity contribution in [3.63, 3.8) is 0 Å². The van der Waals surface area contributed by atoms with Gasteiger partial charge in [0.05, 0.1) is 6.54 Å². The van der Waals surface area contributed by atoms with Gasteiger partial charge in [-0.05, 0) is 18.2 Å². The first-order chi connectivity index (χ1) is 9.42. The summed E-state index contributed by atoms with van der Waals surface area (Å²) in [7, 11) is -3.91. The monoisotopic (exact) mass is 302 g/mol. The van der Waals surface area contributed by atoms with Crippen LogP contribution in [0.2, 0.25) is 0 Å². The topological polar surface area (TPSA) is 85.3 Å². The summed E-state index contributed by atoms with van der Waals surface area (Å²) in [5.74, 6) is -1.24. The highest BCUT2D eigenvalue weighted by Crippen LogP contribution is 2.15. The van der Waals surface area contributed by atoms with Crippen LogP contribution in [0.25, 0.3) is 0 Å². The summed E-state index contributed by atoms with van der Waals surface area (Å²) in [6, 6.07) is 5.59. The average Bonchev–Trinajstić information content (AvgIpc) is 2.87. The zero-order chi connectivity index (χ0) is 14.8. The fraction of sp³-hybridized carbons (Fsp3) is 0.167. The van der Waals surface area contributed by atoms with Crippen LogP contribution in [0.15, 0.2) is 39.8 Å². The van der Waals surface area contributed by atoms with Gasteiger partial charge in [-0.2, -0.15) is 0 Å². The van der Waals surface area contributed by atoms with Crippen molar-refractivity contribution < 1.29 is 21.6 Å². The van der Waals surface area contributed by atoms with E-state index in [1.807, 2.05) is 0 Å². The number of sulfonamides is 1. The third-order valence-corrected chi connectivity index (χ3v) is 3.84. The summed E-state index contributed by atoms with van der Waals surface area (Å²) in [6.45, 7) is -0.241. The van der Waals surface area contributed by atoms with Crippen molar-refractivity contribution in [2.45, 2.75) is 18.2 Å². The second-order valence-electron chi connectivity index (χ2n) is 3.99. The van der Waals surface area contributed by atoms with E-state index in [4.69, 9.17) is 10.2 Å². The SMILES string of the molecule is NCc1ccc(S(=O)(=O)NCc2ccc(F)cc2F)o1. The molecule has 2 rings (SSSR count). The van der Waals surface area contributed by atoms with Gasteiger partial charge in [0.2, 0.25) is 5.09 Å². The lowest BCUT2D eigenvalue weighted by molar-refractivity contribution is 0.412. The van der Waals surface area contributed by atoms with Gasteiger partial charge in [0.1, 0.15) is 17.4 Å². The van der Waals surface area contributed by atoms with Crippen LogP contribution in [-0.2, 0) is 23.1 Å². The molecule has 0 spiro atoms. The van der Waals surface area contributed by atoms with E-state index in [9.17, 15) is 17.2 Å². The number of furan rings is 1. The lowest BCUT2D eigenvalue weighted by Gasteiger charge is -2.05. The minimum absolute atomic E-state index is 0.0283. The van der Waals surface area contributed by atoms with Gasteiger partial charge in [0.15, 0.2) is 0 Å². The third kappa shape index (κ3) is 3.21. The molecule has 20 heavy (non-hydrogen) atoms. The lowest BCUT2D eigenvalue weighted by atomic mass is 10.2. The summed E-state index contributed by atoms with van der Waals surface area (Å²) in [5, 5.41) is -0.305. The van der Waals surface area contributed by atoms with Gasteiger partial charge in [0.25, 0.3) is 10.0 Å². The first-order valence-electron chi connectivity index (χ1n) is 5.65. The Morgan fingerprint density at radius 3 is 2.55 bits per heavy atom. The Kier molecular flexibility index (Phi) is 4.17. The highest BCUT2D eigenvalue weighted by Gasteiger charge is 2.19. The summed E-state index contributed by atoms with van der Waals surface area (Å²) >= 11 is 0. The molecule has 3 N–H and O–H groups in total. The fourth-order valence-electron chi connectivity index (χ4n) is 1.52. The van der Waals surface area contributed by atoms with E-state index in [1.165, 1.54) is 18.2 Å². The Hall–Kier alpha value is -1.77. The molecule has 0 aliphatic rings. The third-order valence-electron chi connectivity index (χ3n) is 2.57. The highest BCUT2D eigenvalue weighted by atomic mass is 32.2. The fourth-order valence-corrected chi connectivity index (χ4v) is 2.47. The quantitative estimate of drug-likeness (QED) is 0.876. The van der Waals surface area contributed by atoms with E-state index in [0.717, 1.165) is 6.07 Å². The molecule has 5 nitrogen and oxygen atoms in total. The van der Waals surface area contributed by atoms with Crippen molar-refractivity contribution >= 4 is 10.0 Å². The van der Waals surface area contributed by atoms with Crippen LogP contribution in [0.5, 0.6) is 0 Å². The zero-order valence-electron chi connectivity index (χ0n) is 10.3. The normalized spacial score (nSPS) is 11.8. The number of benzene rings is 1. The minimum Gasteiger partial charge on any atom is -0.447 e. The van der Waals surface area contributed by atoms with Gasteiger partial charge >= 0.3 is 0 Å². The van der Waals surface area contributed by atoms with E-state index in [0.29, 0.717) is 11.8 Å². The first-order valence-corrected chi connectivity index (χ1v) is 7.13. The Morgan fingerprint density at radius 1 is 1.20 bits per heavy atom. The molecule has 1 aromatic heterocycles. The predicted molar refractivity (Wildman–Crippen MR) is 67.0 cm³/mol. The smallest absolute Gasteiger partial charge is 0.274 e. The van der Waals surface area contributed by atoms with Crippen LogP contribution in [0.1, 0.15) is 11.3 Å². The van der Waals surface area contributed by atoms with E-state index < -0.39 is 21.7 Å². The number of rotatable bonds is 5. The highest BCUT2D eigenvalue weighted by molar-refractivity contribution is 7.89. The summed E-state index contributed by atoms with van der Waals surface area (Å²) in [4.78, 5) is 0. The van der Waals surface area contributed by atoms with E-state index in [2.05, 4.69) is 4.72 Å². The van der Waals surface area contributed by atoms with Gasteiger partial charge in [0, 0.05) is 18.2 Å². The Labute approximate surface area is 114 Å². The molecule has 108 valence electrons. The zero-order valence-corrected chi connectivity index (χ0v) is 11.1. The van der Waals surface area contributed by atoms with Crippen molar-refractivity contribution in [1.29, 1.82) is 0 Å². The molecule has 0 unspecified atom stereocenters. The van der Waals surface area contributed by atoms with Crippen molar-refractivity contribution in [2.75, 3.05) is 0 Å². The van der Waals surface area contributed by atoms with Crippen molar-refractivity contribution in [3.05, 3.63) is 53.3 Å². The molecule has 1 aromatic carbocycles. The largest absolute Gasteiger partial charge is 0.447 e. The Morgan fingerprint density at radius 2 is 1.95 bits per heavy atom. The van der Waals surface area contributed by atoms with Gasteiger partial charge < -0.3 is 10.2 Å². The van der Waals surface area contributed by atoms with Gasteiger partial charge in [-0.25, -0.2) is 21.9 Å². The maximum atomic E-state index is 13.4. The summed E-state index contributed by atoms with van der Waals surface area (Å²) in [5.41, 5.74) is 5.34. The molecule has 0 fully saturated rings. The molecule has 0 aliphatic carbocycles. The van der Waals surface area contributed by atoms with Crippen molar-refractivity contribution in [2.24, 2.45) is 5.73 Å². The number of nitrogens with one attached hydrogen (secondary N) is 1. The second-order valence-corrected chi connectivity index (χ2v) is 5.68. The Balaban J connectivity index is 2.13. The van der Waals surface area contributed by atoms with E-state index in [-0.39, 0.29) is 23.7 Å². The lowest BCUT2D eigenvalue weighted by Crippen LogP contribution is -2.23. The molecule has 0 saturated carbocycles. The summed E-state index contributed by atoms with van der Waals surface area (Å²) in [6.07, 6.45) is 0. The molecule has 2 aromatic rings. The van der Waals surface area contributed by atoms with Gasteiger partial charge in [-0.3, -0.25) is 0 Å². The van der Waals surface area contributed by atoms with Crippen LogP contribution >= 0.6 is 0 Å². The van der Waals surface area contributed by atoms with Crippen molar-refractivity contribution in [1.82, 2.24) is 4.72 Å². The van der Waals surface area contributed by atoms with Crippen LogP contribution in [0, 0.1) is 11.6 Å². The summed E-state index contributed by atoms with van der Waals surface area (Å²) < 4.78 is 57.0. The first kappa shape index (κ1) is 14.6. The van der Waals surface area contributed by atoms with Gasteiger partial charge in [-0.15, -0.1) is 0 Å². The van der Waals surface area contributed by atoms with E-state index in [1.54, 1.807) is 0 Å². The molecule has 0 saturated heterocycles. The van der Waals surface area contributed by atoms with Crippen LogP contribution in [-0.4, -0.2) is 8.42 Å². The number of hydrogen-bond donors (Lipinski definition) is 2. The molecule has 0 atom stereocenters. The maximum absolute atomic E-state index is 13.4. The molecule has 0 radical (unpaired) electrons. The van der Waals surface area contributed by atoms with Crippen LogP contribution in [0.4, 0.5) is 8.78 Å². The molecular formula is C12H12F2N2O3S. The number of hydrogen-bond acceptors (Lipinski definition) is 4. The molecule has 0 bridgehead atoms.